The third kappa shape index (κ3) is 2.20. The molecule has 0 amide bonds. The summed E-state index contributed by atoms with van der Waals surface area (Å²) in [5.74, 6) is 1.64. The standard InChI is InChI=1S/C9H14N2O/c1-4-5-10-6-9-11-7(2)8(3)12-9/h4,10H,1,5-6H2,2-3H3. The second-order valence-electron chi connectivity index (χ2n) is 2.67. The third-order valence-corrected chi connectivity index (χ3v) is 1.64. The van der Waals surface area contributed by atoms with E-state index in [1.807, 2.05) is 19.9 Å². The number of nitrogens with zero attached hydrogens (tertiary/aromatic N) is 1. The van der Waals surface area contributed by atoms with E-state index in [1.54, 1.807) is 0 Å². The molecule has 0 aromatic carbocycles. The second-order valence-corrected chi connectivity index (χ2v) is 2.67. The average Bonchev–Trinajstić information content (AvgIpc) is 2.32. The number of hydrogen-bond donors (Lipinski definition) is 1. The van der Waals surface area contributed by atoms with E-state index >= 15 is 0 Å². The van der Waals surface area contributed by atoms with Gasteiger partial charge in [0.2, 0.25) is 5.89 Å². The van der Waals surface area contributed by atoms with Crippen molar-refractivity contribution < 1.29 is 4.42 Å². The van der Waals surface area contributed by atoms with E-state index < -0.39 is 0 Å². The first-order valence-corrected chi connectivity index (χ1v) is 3.98. The minimum absolute atomic E-state index is 0.667. The number of aryl methyl sites for hydroxylation is 2. The Morgan fingerprint density at radius 2 is 2.33 bits per heavy atom. The maximum Gasteiger partial charge on any atom is 0.208 e. The second kappa shape index (κ2) is 4.07. The van der Waals surface area contributed by atoms with Gasteiger partial charge in [-0.05, 0) is 13.8 Å². The van der Waals surface area contributed by atoms with Crippen LogP contribution >= 0.6 is 0 Å². The summed E-state index contributed by atoms with van der Waals surface area (Å²) in [6.07, 6.45) is 1.81. The van der Waals surface area contributed by atoms with Crippen LogP contribution in [0.15, 0.2) is 17.1 Å². The molecule has 0 spiro atoms. The van der Waals surface area contributed by atoms with Crippen LogP contribution in [0.1, 0.15) is 17.3 Å². The molecule has 1 N–H and O–H groups in total. The fraction of sp³-hybridized carbons (Fsp3) is 0.444. The monoisotopic (exact) mass is 166 g/mol. The smallest absolute Gasteiger partial charge is 0.208 e. The number of hydrogen-bond acceptors (Lipinski definition) is 3. The van der Waals surface area contributed by atoms with Gasteiger partial charge in [-0.2, -0.15) is 0 Å². The number of rotatable bonds is 4. The minimum atomic E-state index is 0.667. The fourth-order valence-corrected chi connectivity index (χ4v) is 0.896. The van der Waals surface area contributed by atoms with Crippen LogP contribution in [-0.4, -0.2) is 11.5 Å². The minimum Gasteiger partial charge on any atom is -0.444 e. The Kier molecular flexibility index (Phi) is 3.05. The van der Waals surface area contributed by atoms with Crippen molar-refractivity contribution in [1.29, 1.82) is 0 Å². The summed E-state index contributed by atoms with van der Waals surface area (Å²) in [7, 11) is 0. The summed E-state index contributed by atoms with van der Waals surface area (Å²) < 4.78 is 5.35. The molecule has 0 saturated heterocycles. The van der Waals surface area contributed by atoms with Gasteiger partial charge >= 0.3 is 0 Å². The first-order valence-electron chi connectivity index (χ1n) is 3.98. The summed E-state index contributed by atoms with van der Waals surface area (Å²) in [5.41, 5.74) is 0.963. The van der Waals surface area contributed by atoms with Crippen molar-refractivity contribution >= 4 is 0 Å². The zero-order valence-corrected chi connectivity index (χ0v) is 7.55. The molecule has 0 saturated carbocycles. The van der Waals surface area contributed by atoms with Gasteiger partial charge in [0.25, 0.3) is 0 Å². The highest BCUT2D eigenvalue weighted by molar-refractivity contribution is 5.05. The van der Waals surface area contributed by atoms with Crippen LogP contribution in [-0.2, 0) is 6.54 Å². The molecule has 3 heteroatoms. The maximum atomic E-state index is 5.35. The quantitative estimate of drug-likeness (QED) is 0.545. The first-order chi connectivity index (χ1) is 5.74. The zero-order chi connectivity index (χ0) is 8.97. The Morgan fingerprint density at radius 3 is 2.83 bits per heavy atom. The Labute approximate surface area is 72.5 Å². The van der Waals surface area contributed by atoms with Crippen molar-refractivity contribution in [2.45, 2.75) is 20.4 Å². The number of nitrogens with one attached hydrogen (secondary N) is 1. The Bertz CT molecular complexity index is 246. The van der Waals surface area contributed by atoms with E-state index in [-0.39, 0.29) is 0 Å². The van der Waals surface area contributed by atoms with E-state index in [1.165, 1.54) is 0 Å². The van der Waals surface area contributed by atoms with Crippen molar-refractivity contribution in [1.82, 2.24) is 10.3 Å². The molecule has 0 atom stereocenters. The SMILES string of the molecule is C=CCNCc1nc(C)c(C)o1. The highest BCUT2D eigenvalue weighted by Gasteiger charge is 2.03. The topological polar surface area (TPSA) is 38.1 Å². The lowest BCUT2D eigenvalue weighted by atomic mass is 10.4. The molecule has 0 unspecified atom stereocenters. The molecule has 0 aliphatic carbocycles. The molecule has 3 nitrogen and oxygen atoms in total. The van der Waals surface area contributed by atoms with Crippen LogP contribution in [0.4, 0.5) is 0 Å². The highest BCUT2D eigenvalue weighted by atomic mass is 16.4. The van der Waals surface area contributed by atoms with Gasteiger partial charge in [-0.25, -0.2) is 4.98 Å². The van der Waals surface area contributed by atoms with Crippen molar-refractivity contribution in [2.75, 3.05) is 6.54 Å². The molecule has 0 aliphatic heterocycles. The van der Waals surface area contributed by atoms with Gasteiger partial charge in [-0.15, -0.1) is 6.58 Å². The van der Waals surface area contributed by atoms with Crippen molar-refractivity contribution in [3.8, 4) is 0 Å². The molecule has 1 heterocycles. The van der Waals surface area contributed by atoms with E-state index in [9.17, 15) is 0 Å². The van der Waals surface area contributed by atoms with Gasteiger partial charge in [0.05, 0.1) is 12.2 Å². The van der Waals surface area contributed by atoms with Crippen LogP contribution in [0.2, 0.25) is 0 Å². The molecule has 1 aromatic heterocycles. The third-order valence-electron chi connectivity index (χ3n) is 1.64. The van der Waals surface area contributed by atoms with Crippen LogP contribution in [0.5, 0.6) is 0 Å². The van der Waals surface area contributed by atoms with Gasteiger partial charge in [0.15, 0.2) is 0 Å². The lowest BCUT2D eigenvalue weighted by molar-refractivity contribution is 0.454. The molecule has 0 bridgehead atoms. The Balaban J connectivity index is 2.47. The van der Waals surface area contributed by atoms with Crippen LogP contribution in [0.3, 0.4) is 0 Å². The van der Waals surface area contributed by atoms with Crippen LogP contribution < -0.4 is 5.32 Å². The first kappa shape index (κ1) is 9.00. The lowest BCUT2D eigenvalue weighted by Gasteiger charge is -1.94. The van der Waals surface area contributed by atoms with E-state index in [0.29, 0.717) is 6.54 Å². The Morgan fingerprint density at radius 1 is 1.58 bits per heavy atom. The lowest BCUT2D eigenvalue weighted by Crippen LogP contribution is -2.12. The summed E-state index contributed by atoms with van der Waals surface area (Å²) in [6.45, 7) is 8.90. The molecule has 1 rings (SSSR count). The summed E-state index contributed by atoms with van der Waals surface area (Å²) in [5, 5.41) is 3.12. The maximum absolute atomic E-state index is 5.35. The summed E-state index contributed by atoms with van der Waals surface area (Å²) >= 11 is 0. The molecule has 1 aromatic rings. The molecule has 0 aliphatic rings. The summed E-state index contributed by atoms with van der Waals surface area (Å²) in [6, 6.07) is 0. The van der Waals surface area contributed by atoms with Gasteiger partial charge in [0.1, 0.15) is 5.76 Å². The molecule has 12 heavy (non-hydrogen) atoms. The van der Waals surface area contributed by atoms with Gasteiger partial charge in [-0.1, -0.05) is 6.08 Å². The van der Waals surface area contributed by atoms with Gasteiger partial charge in [0, 0.05) is 6.54 Å². The molecule has 66 valence electrons. The molecular formula is C9H14N2O. The number of oxazole rings is 1. The van der Waals surface area contributed by atoms with Crippen LogP contribution in [0.25, 0.3) is 0 Å². The van der Waals surface area contributed by atoms with Crippen LogP contribution in [0, 0.1) is 13.8 Å². The fourth-order valence-electron chi connectivity index (χ4n) is 0.896. The predicted octanol–water partition coefficient (Wildman–Crippen LogP) is 1.57. The predicted molar refractivity (Wildman–Crippen MR) is 47.9 cm³/mol. The van der Waals surface area contributed by atoms with Crippen molar-refractivity contribution in [3.63, 3.8) is 0 Å². The van der Waals surface area contributed by atoms with E-state index in [4.69, 9.17) is 4.42 Å². The van der Waals surface area contributed by atoms with Crippen molar-refractivity contribution in [2.24, 2.45) is 0 Å². The number of aromatic nitrogens is 1. The van der Waals surface area contributed by atoms with Gasteiger partial charge < -0.3 is 9.73 Å². The Hall–Kier alpha value is -1.09. The molecular weight excluding hydrogens is 152 g/mol. The molecule has 0 radical (unpaired) electrons. The molecule has 0 fully saturated rings. The average molecular weight is 166 g/mol. The highest BCUT2D eigenvalue weighted by Crippen LogP contribution is 2.07. The summed E-state index contributed by atoms with van der Waals surface area (Å²) in [4.78, 5) is 4.22. The zero-order valence-electron chi connectivity index (χ0n) is 7.55. The van der Waals surface area contributed by atoms with Gasteiger partial charge in [-0.3, -0.25) is 0 Å². The van der Waals surface area contributed by atoms with E-state index in [2.05, 4.69) is 16.9 Å². The largest absolute Gasteiger partial charge is 0.444 e. The van der Waals surface area contributed by atoms with Crippen molar-refractivity contribution in [3.05, 3.63) is 30.0 Å². The van der Waals surface area contributed by atoms with E-state index in [0.717, 1.165) is 23.9 Å². The normalized spacial score (nSPS) is 10.2.